The highest BCUT2D eigenvalue weighted by Gasteiger charge is 2.28. The predicted octanol–water partition coefficient (Wildman–Crippen LogP) is 4.19. The molecule has 0 bridgehead atoms. The molecule has 0 unspecified atom stereocenters. The van der Waals surface area contributed by atoms with Crippen LogP contribution in [-0.2, 0) is 22.6 Å². The SMILES string of the molecule is CCCNC(=O)[C@@H](CC)N(Cc1ccc(OC)cc1)C(=O)Cc1cc(C)ccc1C. The number of amides is 2. The summed E-state index contributed by atoms with van der Waals surface area (Å²) in [4.78, 5) is 27.9. The van der Waals surface area contributed by atoms with Crippen molar-refractivity contribution >= 4 is 11.8 Å². The largest absolute Gasteiger partial charge is 0.497 e. The van der Waals surface area contributed by atoms with Gasteiger partial charge < -0.3 is 15.0 Å². The number of aryl methyl sites for hydroxylation is 2. The molecule has 0 heterocycles. The smallest absolute Gasteiger partial charge is 0.242 e. The van der Waals surface area contributed by atoms with Crippen LogP contribution in [0.4, 0.5) is 0 Å². The van der Waals surface area contributed by atoms with E-state index in [0.717, 1.165) is 34.4 Å². The Morgan fingerprint density at radius 2 is 1.77 bits per heavy atom. The Bertz CT molecular complexity index is 846. The number of rotatable bonds is 10. The zero-order valence-corrected chi connectivity index (χ0v) is 18.8. The Hall–Kier alpha value is -2.82. The van der Waals surface area contributed by atoms with Crippen molar-refractivity contribution in [3.63, 3.8) is 0 Å². The van der Waals surface area contributed by atoms with Crippen LogP contribution in [0, 0.1) is 13.8 Å². The van der Waals surface area contributed by atoms with Crippen molar-refractivity contribution in [1.82, 2.24) is 10.2 Å². The maximum absolute atomic E-state index is 13.4. The second-order valence-electron chi connectivity index (χ2n) is 7.69. The first kappa shape index (κ1) is 23.5. The molecule has 0 fully saturated rings. The van der Waals surface area contributed by atoms with Gasteiger partial charge in [-0.15, -0.1) is 0 Å². The van der Waals surface area contributed by atoms with Crippen molar-refractivity contribution < 1.29 is 14.3 Å². The molecule has 0 saturated carbocycles. The number of nitrogens with one attached hydrogen (secondary N) is 1. The summed E-state index contributed by atoms with van der Waals surface area (Å²) in [6.07, 6.45) is 1.70. The third-order valence-corrected chi connectivity index (χ3v) is 5.29. The van der Waals surface area contributed by atoms with E-state index in [-0.39, 0.29) is 18.2 Å². The van der Waals surface area contributed by atoms with Crippen LogP contribution >= 0.6 is 0 Å². The van der Waals surface area contributed by atoms with E-state index in [1.165, 1.54) is 0 Å². The van der Waals surface area contributed by atoms with Crippen molar-refractivity contribution in [2.24, 2.45) is 0 Å². The molecule has 0 radical (unpaired) electrons. The van der Waals surface area contributed by atoms with E-state index < -0.39 is 6.04 Å². The van der Waals surface area contributed by atoms with Crippen LogP contribution < -0.4 is 10.1 Å². The molecule has 2 aromatic rings. The first-order chi connectivity index (χ1) is 14.4. The normalized spacial score (nSPS) is 11.6. The van der Waals surface area contributed by atoms with Gasteiger partial charge in [-0.25, -0.2) is 0 Å². The molecule has 0 aromatic heterocycles. The van der Waals surface area contributed by atoms with E-state index in [2.05, 4.69) is 11.4 Å². The maximum Gasteiger partial charge on any atom is 0.242 e. The summed E-state index contributed by atoms with van der Waals surface area (Å²) >= 11 is 0. The van der Waals surface area contributed by atoms with Gasteiger partial charge in [0, 0.05) is 13.1 Å². The molecule has 2 aromatic carbocycles. The second kappa shape index (κ2) is 11.4. The Labute approximate surface area is 180 Å². The Balaban J connectivity index is 2.30. The van der Waals surface area contributed by atoms with Crippen molar-refractivity contribution in [1.29, 1.82) is 0 Å². The molecule has 0 saturated heterocycles. The molecule has 0 aliphatic carbocycles. The van der Waals surface area contributed by atoms with Gasteiger partial charge in [-0.1, -0.05) is 49.7 Å². The molecule has 1 atom stereocenters. The van der Waals surface area contributed by atoms with Gasteiger partial charge in [-0.05, 0) is 55.5 Å². The monoisotopic (exact) mass is 410 g/mol. The maximum atomic E-state index is 13.4. The van der Waals surface area contributed by atoms with E-state index >= 15 is 0 Å². The molecule has 0 spiro atoms. The van der Waals surface area contributed by atoms with Crippen LogP contribution in [0.15, 0.2) is 42.5 Å². The zero-order chi connectivity index (χ0) is 22.1. The van der Waals surface area contributed by atoms with Gasteiger partial charge >= 0.3 is 0 Å². The van der Waals surface area contributed by atoms with Gasteiger partial charge in [0.1, 0.15) is 11.8 Å². The van der Waals surface area contributed by atoms with E-state index in [0.29, 0.717) is 19.5 Å². The lowest BCUT2D eigenvalue weighted by atomic mass is 10.0. The minimum atomic E-state index is -0.503. The van der Waals surface area contributed by atoms with Crippen LogP contribution in [0.5, 0.6) is 5.75 Å². The second-order valence-corrected chi connectivity index (χ2v) is 7.69. The molecule has 162 valence electrons. The van der Waals surface area contributed by atoms with Crippen molar-refractivity contribution in [3.05, 3.63) is 64.7 Å². The van der Waals surface area contributed by atoms with E-state index in [1.807, 2.05) is 64.1 Å². The molecule has 0 aliphatic heterocycles. The van der Waals surface area contributed by atoms with Crippen LogP contribution in [0.1, 0.15) is 48.9 Å². The quantitative estimate of drug-likeness (QED) is 0.639. The Morgan fingerprint density at radius 1 is 1.07 bits per heavy atom. The summed E-state index contributed by atoms with van der Waals surface area (Å²) in [6.45, 7) is 8.99. The molecule has 2 amide bonds. The highest BCUT2D eigenvalue weighted by atomic mass is 16.5. The summed E-state index contributed by atoms with van der Waals surface area (Å²) < 4.78 is 5.23. The highest BCUT2D eigenvalue weighted by molar-refractivity contribution is 5.88. The molecule has 0 aliphatic rings. The number of nitrogens with zero attached hydrogens (tertiary/aromatic N) is 1. The fourth-order valence-electron chi connectivity index (χ4n) is 3.47. The van der Waals surface area contributed by atoms with Crippen LogP contribution in [-0.4, -0.2) is 36.4 Å². The number of hydrogen-bond acceptors (Lipinski definition) is 3. The summed E-state index contributed by atoms with van der Waals surface area (Å²) in [5.74, 6) is 0.625. The van der Waals surface area contributed by atoms with Gasteiger partial charge in [0.2, 0.25) is 11.8 Å². The van der Waals surface area contributed by atoms with Crippen LogP contribution in [0.2, 0.25) is 0 Å². The van der Waals surface area contributed by atoms with Gasteiger partial charge in [-0.3, -0.25) is 9.59 Å². The molecule has 30 heavy (non-hydrogen) atoms. The summed E-state index contributed by atoms with van der Waals surface area (Å²) in [7, 11) is 1.63. The molecular formula is C25H34N2O3. The van der Waals surface area contributed by atoms with Gasteiger partial charge in [0.25, 0.3) is 0 Å². The topological polar surface area (TPSA) is 58.6 Å². The first-order valence-corrected chi connectivity index (χ1v) is 10.7. The van der Waals surface area contributed by atoms with Gasteiger partial charge in [0.15, 0.2) is 0 Å². The molecular weight excluding hydrogens is 376 g/mol. The fraction of sp³-hybridized carbons (Fsp3) is 0.440. The summed E-state index contributed by atoms with van der Waals surface area (Å²) in [6, 6.07) is 13.3. The minimum Gasteiger partial charge on any atom is -0.497 e. The van der Waals surface area contributed by atoms with Crippen LogP contribution in [0.3, 0.4) is 0 Å². The average molecular weight is 411 g/mol. The number of carbonyl (C=O) groups is 2. The number of ether oxygens (including phenoxy) is 1. The number of benzene rings is 2. The molecule has 5 nitrogen and oxygen atoms in total. The van der Waals surface area contributed by atoms with E-state index in [4.69, 9.17) is 4.74 Å². The number of hydrogen-bond donors (Lipinski definition) is 1. The summed E-state index contributed by atoms with van der Waals surface area (Å²) in [5, 5.41) is 2.95. The van der Waals surface area contributed by atoms with Crippen LogP contribution in [0.25, 0.3) is 0 Å². The van der Waals surface area contributed by atoms with Gasteiger partial charge in [-0.2, -0.15) is 0 Å². The fourth-order valence-corrected chi connectivity index (χ4v) is 3.47. The minimum absolute atomic E-state index is 0.0435. The lowest BCUT2D eigenvalue weighted by Gasteiger charge is -2.31. The predicted molar refractivity (Wildman–Crippen MR) is 121 cm³/mol. The highest BCUT2D eigenvalue weighted by Crippen LogP contribution is 2.19. The molecule has 1 N–H and O–H groups in total. The third kappa shape index (κ3) is 6.34. The Morgan fingerprint density at radius 3 is 2.37 bits per heavy atom. The third-order valence-electron chi connectivity index (χ3n) is 5.29. The average Bonchev–Trinajstić information content (AvgIpc) is 2.75. The lowest BCUT2D eigenvalue weighted by molar-refractivity contribution is -0.140. The summed E-state index contributed by atoms with van der Waals surface area (Å²) in [5.41, 5.74) is 4.18. The molecule has 5 heteroatoms. The molecule has 2 rings (SSSR count). The van der Waals surface area contributed by atoms with Crippen molar-refractivity contribution in [2.75, 3.05) is 13.7 Å². The Kier molecular flexibility index (Phi) is 8.90. The van der Waals surface area contributed by atoms with Gasteiger partial charge in [0.05, 0.1) is 13.5 Å². The number of carbonyl (C=O) groups excluding carboxylic acids is 2. The van der Waals surface area contributed by atoms with Crippen molar-refractivity contribution in [3.8, 4) is 5.75 Å². The lowest BCUT2D eigenvalue weighted by Crippen LogP contribution is -2.49. The van der Waals surface area contributed by atoms with Crippen molar-refractivity contribution in [2.45, 2.75) is 59.5 Å². The zero-order valence-electron chi connectivity index (χ0n) is 18.8. The van der Waals surface area contributed by atoms with E-state index in [1.54, 1.807) is 12.0 Å². The first-order valence-electron chi connectivity index (χ1n) is 10.7. The standard InChI is InChI=1S/C25H34N2O3/c1-6-14-26-25(29)23(7-2)27(17-20-10-12-22(30-5)13-11-20)24(28)16-21-15-18(3)8-9-19(21)4/h8-13,15,23H,6-7,14,16-17H2,1-5H3,(H,26,29)/t23-/m1/s1. The number of methoxy groups -OCH3 is 1. The van der Waals surface area contributed by atoms with E-state index in [9.17, 15) is 9.59 Å².